The van der Waals surface area contributed by atoms with Gasteiger partial charge in [-0.2, -0.15) is 0 Å². The van der Waals surface area contributed by atoms with Crippen LogP contribution in [-0.2, 0) is 0 Å². The van der Waals surface area contributed by atoms with Crippen LogP contribution in [0.3, 0.4) is 0 Å². The highest BCUT2D eigenvalue weighted by Gasteiger charge is 2.06. The Morgan fingerprint density at radius 1 is 1.38 bits per heavy atom. The number of pyridine rings is 2. The van der Waals surface area contributed by atoms with E-state index >= 15 is 0 Å². The number of H-pyrrole nitrogens is 1. The molecule has 0 fully saturated rings. The summed E-state index contributed by atoms with van der Waals surface area (Å²) in [5.74, 6) is 6.58. The zero-order valence-electron chi connectivity index (χ0n) is 11.4. The van der Waals surface area contributed by atoms with Crippen LogP contribution in [0.4, 0.5) is 5.82 Å². The molecule has 3 heterocycles. The van der Waals surface area contributed by atoms with Crippen molar-refractivity contribution in [1.82, 2.24) is 15.0 Å². The monoisotopic (exact) mass is 296 g/mol. The predicted octanol–water partition coefficient (Wildman–Crippen LogP) is 3.71. The number of halogens is 1. The van der Waals surface area contributed by atoms with Crippen molar-refractivity contribution in [3.05, 3.63) is 41.7 Å². The van der Waals surface area contributed by atoms with E-state index in [1.54, 1.807) is 12.4 Å². The molecule has 0 radical (unpaired) electrons. The minimum absolute atomic E-state index is 0.577. The second kappa shape index (κ2) is 5.86. The van der Waals surface area contributed by atoms with Gasteiger partial charge in [0.05, 0.1) is 17.3 Å². The van der Waals surface area contributed by atoms with E-state index < -0.39 is 0 Å². The van der Waals surface area contributed by atoms with Gasteiger partial charge in [-0.15, -0.1) is 5.92 Å². The third-order valence-corrected chi connectivity index (χ3v) is 3.37. The summed E-state index contributed by atoms with van der Waals surface area (Å²) >= 11 is 6.13. The standard InChI is InChI=1S/C16H13ClN4/c1-2-3-7-18-15-6-4-5-14(21-15)11-8-12-13(17)10-20-16(12)19-9-11/h4-6,8-10H,7H2,1H3,(H,18,21)(H,19,20). The molecule has 21 heavy (non-hydrogen) atoms. The van der Waals surface area contributed by atoms with Crippen LogP contribution >= 0.6 is 11.6 Å². The van der Waals surface area contributed by atoms with Gasteiger partial charge in [0, 0.05) is 23.3 Å². The van der Waals surface area contributed by atoms with Crippen molar-refractivity contribution in [2.75, 3.05) is 11.9 Å². The van der Waals surface area contributed by atoms with Gasteiger partial charge in [0.15, 0.2) is 0 Å². The Kier molecular flexibility index (Phi) is 3.76. The van der Waals surface area contributed by atoms with Crippen LogP contribution in [0, 0.1) is 11.8 Å². The molecule has 0 unspecified atom stereocenters. The van der Waals surface area contributed by atoms with E-state index in [1.807, 2.05) is 31.2 Å². The highest BCUT2D eigenvalue weighted by molar-refractivity contribution is 6.35. The molecule has 0 aromatic carbocycles. The number of hydrogen-bond donors (Lipinski definition) is 2. The molecule has 5 heteroatoms. The maximum Gasteiger partial charge on any atom is 0.138 e. The zero-order chi connectivity index (χ0) is 14.7. The average molecular weight is 297 g/mol. The molecule has 2 N–H and O–H groups in total. The average Bonchev–Trinajstić information content (AvgIpc) is 2.89. The van der Waals surface area contributed by atoms with Gasteiger partial charge in [-0.1, -0.05) is 23.6 Å². The molecule has 0 aliphatic carbocycles. The van der Waals surface area contributed by atoms with Crippen molar-refractivity contribution in [2.45, 2.75) is 6.92 Å². The third-order valence-electron chi connectivity index (χ3n) is 3.06. The summed E-state index contributed by atoms with van der Waals surface area (Å²) in [6.45, 7) is 2.39. The molecule has 0 amide bonds. The van der Waals surface area contributed by atoms with E-state index in [9.17, 15) is 0 Å². The number of rotatable bonds is 3. The summed E-state index contributed by atoms with van der Waals surface area (Å²) in [6, 6.07) is 7.79. The van der Waals surface area contributed by atoms with Crippen molar-refractivity contribution >= 4 is 28.5 Å². The van der Waals surface area contributed by atoms with Gasteiger partial charge in [-0.05, 0) is 25.1 Å². The second-order valence-electron chi connectivity index (χ2n) is 4.45. The summed E-state index contributed by atoms with van der Waals surface area (Å²) in [5.41, 5.74) is 2.54. The lowest BCUT2D eigenvalue weighted by Gasteiger charge is -2.05. The van der Waals surface area contributed by atoms with Crippen LogP contribution in [-0.4, -0.2) is 21.5 Å². The van der Waals surface area contributed by atoms with Crippen LogP contribution < -0.4 is 5.32 Å². The summed E-state index contributed by atoms with van der Waals surface area (Å²) < 4.78 is 0. The minimum Gasteiger partial charge on any atom is -0.359 e. The molecule has 0 spiro atoms. The number of nitrogens with zero attached hydrogens (tertiary/aromatic N) is 2. The van der Waals surface area contributed by atoms with Crippen molar-refractivity contribution < 1.29 is 0 Å². The maximum atomic E-state index is 6.13. The molecule has 0 saturated carbocycles. The lowest BCUT2D eigenvalue weighted by atomic mass is 10.1. The number of nitrogens with one attached hydrogen (secondary N) is 2. The van der Waals surface area contributed by atoms with E-state index in [1.165, 1.54) is 0 Å². The quantitative estimate of drug-likeness (QED) is 0.724. The largest absolute Gasteiger partial charge is 0.359 e. The lowest BCUT2D eigenvalue weighted by molar-refractivity contribution is 1.24. The Morgan fingerprint density at radius 2 is 2.29 bits per heavy atom. The zero-order valence-corrected chi connectivity index (χ0v) is 12.2. The number of fused-ring (bicyclic) bond motifs is 1. The molecule has 0 aliphatic rings. The van der Waals surface area contributed by atoms with Gasteiger partial charge >= 0.3 is 0 Å². The van der Waals surface area contributed by atoms with Crippen molar-refractivity contribution in [2.24, 2.45) is 0 Å². The van der Waals surface area contributed by atoms with Crippen molar-refractivity contribution in [1.29, 1.82) is 0 Å². The van der Waals surface area contributed by atoms with E-state index in [0.29, 0.717) is 11.6 Å². The normalized spacial score (nSPS) is 10.2. The van der Waals surface area contributed by atoms with Crippen molar-refractivity contribution in [3.63, 3.8) is 0 Å². The molecule has 3 aromatic heterocycles. The van der Waals surface area contributed by atoms with Crippen LogP contribution in [0.15, 0.2) is 36.7 Å². The molecular formula is C16H13ClN4. The van der Waals surface area contributed by atoms with Gasteiger partial charge in [0.2, 0.25) is 0 Å². The van der Waals surface area contributed by atoms with E-state index in [2.05, 4.69) is 32.1 Å². The highest BCUT2D eigenvalue weighted by atomic mass is 35.5. The van der Waals surface area contributed by atoms with E-state index in [0.717, 1.165) is 28.1 Å². The van der Waals surface area contributed by atoms with Crippen LogP contribution in [0.1, 0.15) is 6.92 Å². The fourth-order valence-corrected chi connectivity index (χ4v) is 2.23. The van der Waals surface area contributed by atoms with E-state index in [4.69, 9.17) is 11.6 Å². The molecule has 0 saturated heterocycles. The number of aromatic amines is 1. The van der Waals surface area contributed by atoms with Gasteiger partial charge < -0.3 is 10.3 Å². The van der Waals surface area contributed by atoms with E-state index in [-0.39, 0.29) is 0 Å². The fourth-order valence-electron chi connectivity index (χ4n) is 2.03. The number of anilines is 1. The van der Waals surface area contributed by atoms with Gasteiger partial charge in [-0.3, -0.25) is 0 Å². The highest BCUT2D eigenvalue weighted by Crippen LogP contribution is 2.26. The molecule has 0 atom stereocenters. The van der Waals surface area contributed by atoms with Crippen LogP contribution in [0.5, 0.6) is 0 Å². The Hall–Kier alpha value is -2.51. The minimum atomic E-state index is 0.577. The smallest absolute Gasteiger partial charge is 0.138 e. The molecule has 3 rings (SSSR count). The molecule has 4 nitrogen and oxygen atoms in total. The fraction of sp³-hybridized carbons (Fsp3) is 0.125. The molecule has 104 valence electrons. The predicted molar refractivity (Wildman–Crippen MR) is 86.3 cm³/mol. The summed E-state index contributed by atoms with van der Waals surface area (Å²) in [5, 5.41) is 4.72. The van der Waals surface area contributed by atoms with Gasteiger partial charge in [0.1, 0.15) is 11.5 Å². The van der Waals surface area contributed by atoms with Crippen molar-refractivity contribution in [3.8, 4) is 23.1 Å². The first-order valence-corrected chi connectivity index (χ1v) is 6.89. The summed E-state index contributed by atoms with van der Waals surface area (Å²) in [6.07, 6.45) is 3.52. The first-order valence-electron chi connectivity index (χ1n) is 6.51. The lowest BCUT2D eigenvalue weighted by Crippen LogP contribution is -2.01. The first kappa shape index (κ1) is 13.5. The van der Waals surface area contributed by atoms with Crippen LogP contribution in [0.25, 0.3) is 22.3 Å². The number of aromatic nitrogens is 3. The maximum absolute atomic E-state index is 6.13. The first-order chi connectivity index (χ1) is 10.3. The Labute approximate surface area is 127 Å². The third kappa shape index (κ3) is 2.83. The van der Waals surface area contributed by atoms with Gasteiger partial charge in [0.25, 0.3) is 0 Å². The SMILES string of the molecule is CC#CCNc1cccc(-c2cnc3[nH]cc(Cl)c3c2)n1. The topological polar surface area (TPSA) is 53.6 Å². The molecule has 3 aromatic rings. The van der Waals surface area contributed by atoms with Crippen LogP contribution in [0.2, 0.25) is 5.02 Å². The Bertz CT molecular complexity index is 842. The Balaban J connectivity index is 1.95. The molecule has 0 bridgehead atoms. The van der Waals surface area contributed by atoms with Gasteiger partial charge in [-0.25, -0.2) is 9.97 Å². The summed E-state index contributed by atoms with van der Waals surface area (Å²) in [4.78, 5) is 11.9. The molecular weight excluding hydrogens is 284 g/mol. The number of hydrogen-bond acceptors (Lipinski definition) is 3. The molecule has 0 aliphatic heterocycles. The summed E-state index contributed by atoms with van der Waals surface area (Å²) in [7, 11) is 0. The second-order valence-corrected chi connectivity index (χ2v) is 4.85. The Morgan fingerprint density at radius 3 is 3.14 bits per heavy atom.